The number of amides is 2. The van der Waals surface area contributed by atoms with Crippen LogP contribution in [0.4, 0.5) is 18.0 Å². The molecule has 0 saturated heterocycles. The summed E-state index contributed by atoms with van der Waals surface area (Å²) in [5.41, 5.74) is 2.72. The molecule has 2 aliphatic heterocycles. The van der Waals surface area contributed by atoms with Crippen molar-refractivity contribution in [2.45, 2.75) is 25.0 Å². The standard InChI is InChI=1S/C18H16F3N3O6S/c1-3-24(16(28)29)11-8-17(2,15(26)27)31-12(11)13(23-24)22-14(25)9-4-6-10(7-5-9)30-18(19,20)21/h4-8,23H,3H2,1-2H3,(H2-,22,25,26,27,28,29). The predicted molar refractivity (Wildman–Crippen MR) is 98.7 cm³/mol. The van der Waals surface area contributed by atoms with Crippen molar-refractivity contribution in [3.8, 4) is 5.75 Å². The smallest absolute Gasteiger partial charge is 0.496 e. The zero-order valence-electron chi connectivity index (χ0n) is 16.1. The van der Waals surface area contributed by atoms with Crippen LogP contribution in [0.5, 0.6) is 5.75 Å². The number of alkyl halides is 3. The van der Waals surface area contributed by atoms with Crippen molar-refractivity contribution in [1.82, 2.24) is 10.7 Å². The topological polar surface area (TPSA) is 128 Å². The first-order valence-electron chi connectivity index (χ1n) is 8.77. The summed E-state index contributed by atoms with van der Waals surface area (Å²) in [4.78, 5) is 36.3. The van der Waals surface area contributed by atoms with Crippen molar-refractivity contribution in [3.05, 3.63) is 52.3 Å². The van der Waals surface area contributed by atoms with Gasteiger partial charge in [0.05, 0.1) is 0 Å². The fraction of sp³-hybridized carbons (Fsp3) is 0.278. The van der Waals surface area contributed by atoms with Gasteiger partial charge in [-0.3, -0.25) is 9.59 Å². The third kappa shape index (κ3) is 4.05. The average Bonchev–Trinajstić information content (AvgIpc) is 3.16. The van der Waals surface area contributed by atoms with Gasteiger partial charge in [0.25, 0.3) is 12.0 Å². The Bertz CT molecular complexity index is 1020. The van der Waals surface area contributed by atoms with E-state index in [1.807, 2.05) is 0 Å². The molecule has 2 unspecified atom stereocenters. The maximum Gasteiger partial charge on any atom is 0.573 e. The Hall–Kier alpha value is -3.19. The monoisotopic (exact) mass is 459 g/mol. The number of ether oxygens (including phenoxy) is 1. The number of carbonyl (C=O) groups is 3. The minimum atomic E-state index is -4.88. The molecular weight excluding hydrogens is 443 g/mol. The summed E-state index contributed by atoms with van der Waals surface area (Å²) < 4.78 is 38.1. The van der Waals surface area contributed by atoms with Crippen LogP contribution in [0, 0.1) is 0 Å². The number of fused-ring (bicyclic) bond motifs is 1. The van der Waals surface area contributed by atoms with Crippen molar-refractivity contribution >= 4 is 29.7 Å². The highest BCUT2D eigenvalue weighted by atomic mass is 32.2. The van der Waals surface area contributed by atoms with E-state index in [9.17, 15) is 37.8 Å². The van der Waals surface area contributed by atoms with Gasteiger partial charge in [0.15, 0.2) is 11.5 Å². The van der Waals surface area contributed by atoms with Gasteiger partial charge in [-0.2, -0.15) is 0 Å². The van der Waals surface area contributed by atoms with Crippen LogP contribution in [0.15, 0.2) is 46.8 Å². The lowest BCUT2D eigenvalue weighted by Crippen LogP contribution is -2.63. The van der Waals surface area contributed by atoms with Crippen LogP contribution >= 0.6 is 11.8 Å². The summed E-state index contributed by atoms with van der Waals surface area (Å²) in [7, 11) is 0. The van der Waals surface area contributed by atoms with Gasteiger partial charge in [0, 0.05) is 11.6 Å². The molecule has 13 heteroatoms. The lowest BCUT2D eigenvalue weighted by Gasteiger charge is -2.32. The number of hydrogen-bond donors (Lipinski definition) is 3. The van der Waals surface area contributed by atoms with E-state index in [1.165, 1.54) is 19.9 Å². The molecule has 1 aromatic rings. The Labute approximate surface area is 177 Å². The highest BCUT2D eigenvalue weighted by molar-refractivity contribution is 8.05. The Morgan fingerprint density at radius 1 is 1.29 bits per heavy atom. The molecule has 0 aromatic heterocycles. The van der Waals surface area contributed by atoms with Gasteiger partial charge >= 0.3 is 12.3 Å². The molecule has 2 heterocycles. The van der Waals surface area contributed by atoms with Gasteiger partial charge in [0.2, 0.25) is 0 Å². The fourth-order valence-corrected chi connectivity index (χ4v) is 4.29. The highest BCUT2D eigenvalue weighted by Gasteiger charge is 2.55. The first-order chi connectivity index (χ1) is 14.3. The van der Waals surface area contributed by atoms with Crippen molar-refractivity contribution in [1.29, 1.82) is 0 Å². The second kappa shape index (κ2) is 7.50. The van der Waals surface area contributed by atoms with Gasteiger partial charge < -0.3 is 25.1 Å². The van der Waals surface area contributed by atoms with Crippen LogP contribution in [0.25, 0.3) is 0 Å². The van der Waals surface area contributed by atoms with Crippen LogP contribution in [0.2, 0.25) is 0 Å². The molecule has 0 fully saturated rings. The number of quaternary nitrogens is 1. The molecule has 0 aliphatic carbocycles. The van der Waals surface area contributed by atoms with Crippen molar-refractivity contribution in [2.75, 3.05) is 6.54 Å². The minimum Gasteiger partial charge on any atom is -0.496 e. The first-order valence-corrected chi connectivity index (χ1v) is 9.58. The van der Waals surface area contributed by atoms with Crippen LogP contribution in [-0.4, -0.2) is 45.3 Å². The third-order valence-corrected chi connectivity index (χ3v) is 6.03. The van der Waals surface area contributed by atoms with Gasteiger partial charge in [-0.15, -0.1) is 17.8 Å². The number of carbonyl (C=O) groups excluding carboxylic acids is 2. The van der Waals surface area contributed by atoms with E-state index in [4.69, 9.17) is 0 Å². The quantitative estimate of drug-likeness (QED) is 0.568. The molecule has 31 heavy (non-hydrogen) atoms. The maximum atomic E-state index is 12.6. The van der Waals surface area contributed by atoms with Gasteiger partial charge in [-0.25, -0.2) is 5.43 Å². The van der Waals surface area contributed by atoms with Crippen LogP contribution in [0.3, 0.4) is 0 Å². The van der Waals surface area contributed by atoms with Gasteiger partial charge in [-0.05, 0) is 38.1 Å². The summed E-state index contributed by atoms with van der Waals surface area (Å²) in [6.45, 7) is 2.86. The number of carboxylic acid groups (broad SMARTS) is 2. The zero-order chi connectivity index (χ0) is 23.2. The van der Waals surface area contributed by atoms with Gasteiger partial charge in [0.1, 0.15) is 21.9 Å². The Morgan fingerprint density at radius 2 is 1.90 bits per heavy atom. The van der Waals surface area contributed by atoms with Crippen LogP contribution in [0.1, 0.15) is 24.2 Å². The van der Waals surface area contributed by atoms with E-state index in [1.54, 1.807) is 0 Å². The summed E-state index contributed by atoms with van der Waals surface area (Å²) >= 11 is 0.839. The molecule has 2 aliphatic rings. The Balaban J connectivity index is 1.90. The normalized spacial score (nSPS) is 24.9. The van der Waals surface area contributed by atoms with Crippen molar-refractivity contribution in [3.63, 3.8) is 0 Å². The van der Waals surface area contributed by atoms with Crippen molar-refractivity contribution < 1.29 is 47.1 Å². The first kappa shape index (κ1) is 22.5. The number of nitrogens with one attached hydrogen (secondary N) is 2. The van der Waals surface area contributed by atoms with Crippen LogP contribution in [-0.2, 0) is 4.79 Å². The molecule has 9 nitrogen and oxygen atoms in total. The number of thioether (sulfide) groups is 1. The van der Waals surface area contributed by atoms with E-state index in [0.717, 1.165) is 36.0 Å². The Kier molecular flexibility index (Phi) is 5.44. The summed E-state index contributed by atoms with van der Waals surface area (Å²) in [6.07, 6.45) is -5.15. The number of nitrogens with zero attached hydrogens (tertiary/aromatic N) is 1. The summed E-state index contributed by atoms with van der Waals surface area (Å²) in [5.74, 6) is -2.53. The molecule has 0 spiro atoms. The molecule has 166 valence electrons. The molecular formula is C18H16F3N3O6S. The number of hydrogen-bond acceptors (Lipinski definition) is 7. The number of carboxylic acids is 1. The van der Waals surface area contributed by atoms with Crippen LogP contribution < -0.4 is 20.6 Å². The SMILES string of the molecule is CC[N+]1(C(=O)[O-])NC(NC(=O)c2ccc(OC(F)(F)F)cc2)=C2SC(C)(C(=O)O)C=C21. The molecule has 2 amide bonds. The van der Waals surface area contributed by atoms with Crippen molar-refractivity contribution in [2.24, 2.45) is 0 Å². The summed E-state index contributed by atoms with van der Waals surface area (Å²) in [5, 5.41) is 23.9. The predicted octanol–water partition coefficient (Wildman–Crippen LogP) is 1.66. The van der Waals surface area contributed by atoms with E-state index >= 15 is 0 Å². The molecule has 0 bridgehead atoms. The molecule has 2 atom stereocenters. The lowest BCUT2D eigenvalue weighted by atomic mass is 10.1. The molecule has 1 aromatic carbocycles. The molecule has 3 N–H and O–H groups in total. The second-order valence-corrected chi connectivity index (χ2v) is 8.24. The maximum absolute atomic E-state index is 12.6. The molecule has 3 rings (SSSR count). The number of halogens is 3. The number of benzene rings is 1. The van der Waals surface area contributed by atoms with E-state index < -0.39 is 39.4 Å². The number of aliphatic carboxylic acids is 1. The van der Waals surface area contributed by atoms with E-state index in [-0.39, 0.29) is 28.5 Å². The fourth-order valence-electron chi connectivity index (χ4n) is 3.09. The largest absolute Gasteiger partial charge is 0.573 e. The number of likely N-dealkylation sites (N-methyl/N-ethyl adjacent to an activating group) is 1. The number of rotatable bonds is 5. The van der Waals surface area contributed by atoms with Gasteiger partial charge in [-0.1, -0.05) is 11.8 Å². The third-order valence-electron chi connectivity index (χ3n) is 4.70. The second-order valence-electron chi connectivity index (χ2n) is 6.78. The molecule has 0 radical (unpaired) electrons. The van der Waals surface area contributed by atoms with E-state index in [0.29, 0.717) is 0 Å². The summed E-state index contributed by atoms with van der Waals surface area (Å²) in [6, 6.07) is 4.09. The van der Waals surface area contributed by atoms with E-state index in [2.05, 4.69) is 15.5 Å². The Morgan fingerprint density at radius 3 is 2.39 bits per heavy atom. The average molecular weight is 459 g/mol. The highest BCUT2D eigenvalue weighted by Crippen LogP contribution is 2.51. The zero-order valence-corrected chi connectivity index (χ0v) is 16.9. The molecule has 0 saturated carbocycles. The minimum absolute atomic E-state index is 0.0334. The lowest BCUT2D eigenvalue weighted by molar-refractivity contribution is -0.870.